The summed E-state index contributed by atoms with van der Waals surface area (Å²) in [5, 5.41) is 10.9. The number of carboxylic acid groups (broad SMARTS) is 1. The van der Waals surface area contributed by atoms with Gasteiger partial charge in [-0.1, -0.05) is 0 Å². The van der Waals surface area contributed by atoms with Crippen LogP contribution in [0.3, 0.4) is 0 Å². The monoisotopic (exact) mass is 165 g/mol. The number of halogens is 2. The molecule has 0 spiro atoms. The fourth-order valence-corrected chi connectivity index (χ4v) is 1.08. The molecule has 0 radical (unpaired) electrons. The van der Waals surface area contributed by atoms with Gasteiger partial charge in [0.1, 0.15) is 6.04 Å². The van der Waals surface area contributed by atoms with Crippen LogP contribution in [0.25, 0.3) is 0 Å². The van der Waals surface area contributed by atoms with Gasteiger partial charge >= 0.3 is 5.97 Å². The zero-order valence-corrected chi connectivity index (χ0v) is 5.81. The molecule has 0 bridgehead atoms. The van der Waals surface area contributed by atoms with Crippen molar-refractivity contribution in [3.05, 3.63) is 0 Å². The molecule has 1 atom stereocenters. The minimum absolute atomic E-state index is 0.0734. The van der Waals surface area contributed by atoms with E-state index >= 15 is 0 Å². The Labute approximate surface area is 62.4 Å². The van der Waals surface area contributed by atoms with Gasteiger partial charge in [0.25, 0.3) is 5.92 Å². The summed E-state index contributed by atoms with van der Waals surface area (Å²) in [7, 11) is 0. The maximum Gasteiger partial charge on any atom is 0.320 e. The Balaban J connectivity index is 2.53. The van der Waals surface area contributed by atoms with Gasteiger partial charge in [-0.25, -0.2) is 8.78 Å². The van der Waals surface area contributed by atoms with Crippen LogP contribution in [0.15, 0.2) is 0 Å². The van der Waals surface area contributed by atoms with Crippen molar-refractivity contribution in [1.29, 1.82) is 0 Å². The number of carboxylic acids is 1. The predicted molar refractivity (Wildman–Crippen MR) is 33.6 cm³/mol. The molecule has 1 rings (SSSR count). The molecule has 1 fully saturated rings. The van der Waals surface area contributed by atoms with E-state index in [9.17, 15) is 13.6 Å². The summed E-state index contributed by atoms with van der Waals surface area (Å²) in [6, 6.07) is -1.08. The van der Waals surface area contributed by atoms with Crippen LogP contribution in [0.5, 0.6) is 0 Å². The third kappa shape index (κ3) is 2.11. The van der Waals surface area contributed by atoms with Gasteiger partial charge < -0.3 is 10.4 Å². The highest BCUT2D eigenvalue weighted by Gasteiger charge is 2.38. The Bertz CT molecular complexity index is 172. The molecular formula is C6H9F2NO2. The first-order valence-corrected chi connectivity index (χ1v) is 3.35. The molecule has 64 valence electrons. The zero-order chi connectivity index (χ0) is 8.48. The molecule has 1 heterocycles. The Hall–Kier alpha value is -0.710. The van der Waals surface area contributed by atoms with Crippen LogP contribution >= 0.6 is 0 Å². The summed E-state index contributed by atoms with van der Waals surface area (Å²) in [6.07, 6.45) is -0.862. The van der Waals surface area contributed by atoms with Crippen molar-refractivity contribution >= 4 is 5.97 Å². The van der Waals surface area contributed by atoms with Gasteiger partial charge in [-0.2, -0.15) is 0 Å². The Morgan fingerprint density at radius 3 is 2.64 bits per heavy atom. The molecule has 3 nitrogen and oxygen atoms in total. The first-order chi connectivity index (χ1) is 5.01. The van der Waals surface area contributed by atoms with Crippen molar-refractivity contribution in [2.75, 3.05) is 6.54 Å². The molecule has 0 saturated carbocycles. The number of hydrogen-bond acceptors (Lipinski definition) is 2. The Morgan fingerprint density at radius 2 is 2.27 bits per heavy atom. The summed E-state index contributed by atoms with van der Waals surface area (Å²) in [5.74, 6) is -4.02. The van der Waals surface area contributed by atoms with Crippen LogP contribution in [0, 0.1) is 0 Å². The lowest BCUT2D eigenvalue weighted by Crippen LogP contribution is -2.47. The molecule has 1 aliphatic heterocycles. The highest BCUT2D eigenvalue weighted by Crippen LogP contribution is 2.27. The lowest BCUT2D eigenvalue weighted by molar-refractivity contribution is -0.144. The summed E-state index contributed by atoms with van der Waals surface area (Å²) in [5.41, 5.74) is 0. The lowest BCUT2D eigenvalue weighted by atomic mass is 10.0. The van der Waals surface area contributed by atoms with Crippen molar-refractivity contribution in [2.24, 2.45) is 0 Å². The van der Waals surface area contributed by atoms with E-state index in [1.807, 2.05) is 0 Å². The molecule has 1 saturated heterocycles. The van der Waals surface area contributed by atoms with Crippen LogP contribution in [0.1, 0.15) is 12.8 Å². The molecule has 0 amide bonds. The molecule has 0 aromatic carbocycles. The van der Waals surface area contributed by atoms with Crippen molar-refractivity contribution in [3.63, 3.8) is 0 Å². The van der Waals surface area contributed by atoms with E-state index in [0.29, 0.717) is 0 Å². The molecule has 1 aliphatic rings. The van der Waals surface area contributed by atoms with Gasteiger partial charge in [-0.05, 0) is 0 Å². The average molecular weight is 165 g/mol. The zero-order valence-electron chi connectivity index (χ0n) is 5.81. The maximum absolute atomic E-state index is 12.5. The van der Waals surface area contributed by atoms with Gasteiger partial charge in [-0.15, -0.1) is 0 Å². The van der Waals surface area contributed by atoms with E-state index in [4.69, 9.17) is 5.11 Å². The third-order valence-electron chi connectivity index (χ3n) is 1.68. The number of alkyl halides is 2. The van der Waals surface area contributed by atoms with Crippen LogP contribution in [-0.2, 0) is 4.79 Å². The molecule has 0 aromatic rings. The van der Waals surface area contributed by atoms with Crippen molar-refractivity contribution in [1.82, 2.24) is 5.32 Å². The van der Waals surface area contributed by atoms with E-state index in [2.05, 4.69) is 5.32 Å². The first-order valence-electron chi connectivity index (χ1n) is 3.35. The molecule has 1 unspecified atom stereocenters. The predicted octanol–water partition coefficient (Wildman–Crippen LogP) is 0.458. The molecule has 2 N–H and O–H groups in total. The molecule has 0 aliphatic carbocycles. The minimum atomic E-state index is -2.81. The second-order valence-electron chi connectivity index (χ2n) is 2.66. The minimum Gasteiger partial charge on any atom is -0.480 e. The quantitative estimate of drug-likeness (QED) is 0.593. The summed E-state index contributed by atoms with van der Waals surface area (Å²) < 4.78 is 25.0. The number of rotatable bonds is 1. The summed E-state index contributed by atoms with van der Waals surface area (Å²) in [6.45, 7) is 0.0734. The number of carbonyl (C=O) groups is 1. The lowest BCUT2D eigenvalue weighted by Gasteiger charge is -2.27. The summed E-state index contributed by atoms with van der Waals surface area (Å²) >= 11 is 0. The van der Waals surface area contributed by atoms with E-state index in [-0.39, 0.29) is 13.0 Å². The SMILES string of the molecule is O=C(O)C1CC(F)(F)CCN1. The normalized spacial score (nSPS) is 29.8. The van der Waals surface area contributed by atoms with Crippen molar-refractivity contribution in [2.45, 2.75) is 24.8 Å². The molecular weight excluding hydrogens is 156 g/mol. The maximum atomic E-state index is 12.5. The van der Waals surface area contributed by atoms with Crippen LogP contribution < -0.4 is 5.32 Å². The van der Waals surface area contributed by atoms with Gasteiger partial charge in [-0.3, -0.25) is 4.79 Å². The highest BCUT2D eigenvalue weighted by atomic mass is 19.3. The van der Waals surface area contributed by atoms with Crippen LogP contribution in [0.2, 0.25) is 0 Å². The Morgan fingerprint density at radius 1 is 1.64 bits per heavy atom. The van der Waals surface area contributed by atoms with Gasteiger partial charge in [0, 0.05) is 19.4 Å². The second kappa shape index (κ2) is 2.73. The van der Waals surface area contributed by atoms with Gasteiger partial charge in [0.05, 0.1) is 0 Å². The topological polar surface area (TPSA) is 49.3 Å². The fraction of sp³-hybridized carbons (Fsp3) is 0.833. The second-order valence-corrected chi connectivity index (χ2v) is 2.66. The van der Waals surface area contributed by atoms with E-state index < -0.39 is 24.4 Å². The standard InChI is InChI=1S/C6H9F2NO2/c7-6(8)1-2-9-4(3-6)5(10)11/h4,9H,1-3H2,(H,10,11). The Kier molecular flexibility index (Phi) is 2.08. The van der Waals surface area contributed by atoms with Crippen LogP contribution in [0.4, 0.5) is 8.78 Å². The summed E-state index contributed by atoms with van der Waals surface area (Å²) in [4.78, 5) is 10.2. The van der Waals surface area contributed by atoms with E-state index in [1.54, 1.807) is 0 Å². The number of aliphatic carboxylic acids is 1. The number of nitrogens with one attached hydrogen (secondary N) is 1. The molecule has 0 aromatic heterocycles. The fourth-order valence-electron chi connectivity index (χ4n) is 1.08. The largest absolute Gasteiger partial charge is 0.480 e. The van der Waals surface area contributed by atoms with Gasteiger partial charge in [0.15, 0.2) is 0 Å². The third-order valence-corrected chi connectivity index (χ3v) is 1.68. The van der Waals surface area contributed by atoms with Crippen LogP contribution in [-0.4, -0.2) is 29.6 Å². The first kappa shape index (κ1) is 8.39. The van der Waals surface area contributed by atoms with Crippen molar-refractivity contribution in [3.8, 4) is 0 Å². The molecule has 5 heteroatoms. The smallest absolute Gasteiger partial charge is 0.320 e. The molecule has 11 heavy (non-hydrogen) atoms. The van der Waals surface area contributed by atoms with Gasteiger partial charge in [0.2, 0.25) is 0 Å². The number of hydrogen-bond donors (Lipinski definition) is 2. The van der Waals surface area contributed by atoms with Crippen molar-refractivity contribution < 1.29 is 18.7 Å². The number of piperidine rings is 1. The highest BCUT2D eigenvalue weighted by molar-refractivity contribution is 5.73. The average Bonchev–Trinajstić information content (AvgIpc) is 1.85. The van der Waals surface area contributed by atoms with E-state index in [1.165, 1.54) is 0 Å². The van der Waals surface area contributed by atoms with E-state index in [0.717, 1.165) is 0 Å².